The van der Waals surface area contributed by atoms with Crippen LogP contribution in [0.25, 0.3) is 6.08 Å². The molecule has 0 spiro atoms. The Morgan fingerprint density at radius 2 is 1.70 bits per heavy atom. The minimum absolute atomic E-state index is 0.137. The van der Waals surface area contributed by atoms with Crippen molar-refractivity contribution in [1.82, 2.24) is 0 Å². The lowest BCUT2D eigenvalue weighted by atomic mass is 10.2. The predicted octanol–water partition coefficient (Wildman–Crippen LogP) is 4.77. The molecule has 6 nitrogen and oxygen atoms in total. The number of anilines is 2. The predicted molar refractivity (Wildman–Crippen MR) is 130 cm³/mol. The molecule has 0 bridgehead atoms. The molecule has 0 saturated carbocycles. The minimum Gasteiger partial charge on any atom is -0.497 e. The highest BCUT2D eigenvalue weighted by atomic mass is 32.2. The third-order valence-electron chi connectivity index (χ3n) is 5.06. The first-order valence-corrected chi connectivity index (χ1v) is 11.2. The standard InChI is InChI=1S/C26H22N2O4S/c1-32-21-12-10-20(11-13-21)28-25(30)17-23(26(28)31)33-22-14-8-19(9-15-22)27-24(29)16-7-18-5-3-2-4-6-18/h2-16,23H,17H2,1H3,(H,27,29)/b16-7+. The molecule has 1 aliphatic rings. The van der Waals surface area contributed by atoms with E-state index in [0.29, 0.717) is 17.1 Å². The Morgan fingerprint density at radius 1 is 1.00 bits per heavy atom. The van der Waals surface area contributed by atoms with Gasteiger partial charge in [-0.05, 0) is 60.2 Å². The van der Waals surface area contributed by atoms with Crippen LogP contribution in [0.2, 0.25) is 0 Å². The second-order valence-corrected chi connectivity index (χ2v) is 8.61. The molecular formula is C26H22N2O4S. The van der Waals surface area contributed by atoms with Crippen LogP contribution in [-0.4, -0.2) is 30.1 Å². The zero-order valence-corrected chi connectivity index (χ0v) is 18.7. The monoisotopic (exact) mass is 458 g/mol. The van der Waals surface area contributed by atoms with Crippen molar-refractivity contribution in [2.45, 2.75) is 16.6 Å². The SMILES string of the molecule is COc1ccc(N2C(=O)CC(Sc3ccc(NC(=O)/C=C/c4ccccc4)cc3)C2=O)cc1. The number of hydrogen-bond acceptors (Lipinski definition) is 5. The molecule has 3 amide bonds. The zero-order chi connectivity index (χ0) is 23.2. The van der Waals surface area contributed by atoms with E-state index in [9.17, 15) is 14.4 Å². The van der Waals surface area contributed by atoms with Crippen LogP contribution in [0.15, 0.2) is 89.8 Å². The topological polar surface area (TPSA) is 75.7 Å². The summed E-state index contributed by atoms with van der Waals surface area (Å²) >= 11 is 1.34. The van der Waals surface area contributed by atoms with Crippen molar-refractivity contribution in [2.75, 3.05) is 17.3 Å². The Bertz CT molecular complexity index is 1180. The van der Waals surface area contributed by atoms with Crippen LogP contribution in [0.3, 0.4) is 0 Å². The lowest BCUT2D eigenvalue weighted by molar-refractivity contribution is -0.121. The zero-order valence-electron chi connectivity index (χ0n) is 17.9. The molecule has 1 saturated heterocycles. The van der Waals surface area contributed by atoms with Crippen molar-refractivity contribution in [3.8, 4) is 5.75 Å². The molecule has 1 N–H and O–H groups in total. The maximum Gasteiger partial charge on any atom is 0.248 e. The Kier molecular flexibility index (Phi) is 6.90. The van der Waals surface area contributed by atoms with Crippen molar-refractivity contribution < 1.29 is 19.1 Å². The first kappa shape index (κ1) is 22.4. The molecular weight excluding hydrogens is 436 g/mol. The third-order valence-corrected chi connectivity index (χ3v) is 6.26. The van der Waals surface area contributed by atoms with E-state index in [0.717, 1.165) is 10.5 Å². The minimum atomic E-state index is -0.492. The van der Waals surface area contributed by atoms with Gasteiger partial charge in [-0.3, -0.25) is 14.4 Å². The quantitative estimate of drug-likeness (QED) is 0.408. The summed E-state index contributed by atoms with van der Waals surface area (Å²) in [6, 6.07) is 23.6. The largest absolute Gasteiger partial charge is 0.497 e. The molecule has 1 heterocycles. The van der Waals surface area contributed by atoms with Gasteiger partial charge in [-0.25, -0.2) is 4.90 Å². The van der Waals surface area contributed by atoms with Crippen molar-refractivity contribution in [1.29, 1.82) is 0 Å². The second-order valence-electron chi connectivity index (χ2n) is 7.33. The molecule has 1 fully saturated rings. The number of ether oxygens (including phenoxy) is 1. The number of methoxy groups -OCH3 is 1. The fourth-order valence-corrected chi connectivity index (χ4v) is 4.45. The van der Waals surface area contributed by atoms with Gasteiger partial charge in [0.15, 0.2) is 0 Å². The van der Waals surface area contributed by atoms with Crippen LogP contribution < -0.4 is 15.0 Å². The molecule has 7 heteroatoms. The van der Waals surface area contributed by atoms with E-state index in [1.165, 1.54) is 22.7 Å². The fraction of sp³-hybridized carbons (Fsp3) is 0.115. The van der Waals surface area contributed by atoms with E-state index in [2.05, 4.69) is 5.32 Å². The van der Waals surface area contributed by atoms with Gasteiger partial charge in [-0.2, -0.15) is 0 Å². The van der Waals surface area contributed by atoms with Crippen LogP contribution in [0.4, 0.5) is 11.4 Å². The van der Waals surface area contributed by atoms with E-state index in [1.54, 1.807) is 49.6 Å². The van der Waals surface area contributed by atoms with Crippen LogP contribution in [0, 0.1) is 0 Å². The molecule has 166 valence electrons. The summed E-state index contributed by atoms with van der Waals surface area (Å²) < 4.78 is 5.13. The summed E-state index contributed by atoms with van der Waals surface area (Å²) in [5.41, 5.74) is 2.13. The first-order chi connectivity index (χ1) is 16.0. The summed E-state index contributed by atoms with van der Waals surface area (Å²) in [4.78, 5) is 39.6. The summed E-state index contributed by atoms with van der Waals surface area (Å²) in [7, 11) is 1.56. The molecule has 3 aromatic rings. The van der Waals surface area contributed by atoms with Gasteiger partial charge < -0.3 is 10.1 Å². The van der Waals surface area contributed by atoms with Crippen LogP contribution in [0.5, 0.6) is 5.75 Å². The Morgan fingerprint density at radius 3 is 2.36 bits per heavy atom. The van der Waals surface area contributed by atoms with Crippen molar-refractivity contribution in [3.05, 3.63) is 90.5 Å². The molecule has 0 radical (unpaired) electrons. The second kappa shape index (κ2) is 10.2. The van der Waals surface area contributed by atoms with E-state index < -0.39 is 5.25 Å². The van der Waals surface area contributed by atoms with Crippen molar-refractivity contribution >= 4 is 46.9 Å². The van der Waals surface area contributed by atoms with E-state index in [1.807, 2.05) is 42.5 Å². The van der Waals surface area contributed by atoms with Gasteiger partial charge in [0.25, 0.3) is 0 Å². The number of carbonyl (C=O) groups is 3. The number of amides is 3. The lowest BCUT2D eigenvalue weighted by Crippen LogP contribution is -2.31. The molecule has 1 atom stereocenters. The van der Waals surface area contributed by atoms with Crippen molar-refractivity contribution in [2.24, 2.45) is 0 Å². The van der Waals surface area contributed by atoms with Gasteiger partial charge in [-0.1, -0.05) is 30.3 Å². The highest BCUT2D eigenvalue weighted by Gasteiger charge is 2.40. The lowest BCUT2D eigenvalue weighted by Gasteiger charge is -2.15. The van der Waals surface area contributed by atoms with Gasteiger partial charge in [0.05, 0.1) is 18.0 Å². The summed E-state index contributed by atoms with van der Waals surface area (Å²) in [5, 5.41) is 2.32. The number of carbonyl (C=O) groups excluding carboxylic acids is 3. The number of nitrogens with one attached hydrogen (secondary N) is 1. The van der Waals surface area contributed by atoms with Crippen LogP contribution in [-0.2, 0) is 14.4 Å². The number of benzene rings is 3. The smallest absolute Gasteiger partial charge is 0.248 e. The van der Waals surface area contributed by atoms with Gasteiger partial charge >= 0.3 is 0 Å². The van der Waals surface area contributed by atoms with E-state index >= 15 is 0 Å². The fourth-order valence-electron chi connectivity index (χ4n) is 3.40. The van der Waals surface area contributed by atoms with Gasteiger partial charge in [0.1, 0.15) is 5.75 Å². The first-order valence-electron chi connectivity index (χ1n) is 10.3. The molecule has 4 rings (SSSR count). The third kappa shape index (κ3) is 5.51. The van der Waals surface area contributed by atoms with Gasteiger partial charge in [-0.15, -0.1) is 11.8 Å². The number of rotatable bonds is 7. The van der Waals surface area contributed by atoms with Gasteiger partial charge in [0.2, 0.25) is 17.7 Å². The number of imide groups is 1. The average molecular weight is 459 g/mol. The normalized spacial score (nSPS) is 15.8. The molecule has 33 heavy (non-hydrogen) atoms. The maximum atomic E-state index is 12.9. The van der Waals surface area contributed by atoms with Crippen LogP contribution in [0.1, 0.15) is 12.0 Å². The van der Waals surface area contributed by atoms with E-state index in [-0.39, 0.29) is 24.1 Å². The molecule has 1 aliphatic heterocycles. The Balaban J connectivity index is 1.35. The van der Waals surface area contributed by atoms with Crippen molar-refractivity contribution in [3.63, 3.8) is 0 Å². The molecule has 0 aromatic heterocycles. The summed E-state index contributed by atoms with van der Waals surface area (Å²) in [5.74, 6) is -0.0344. The summed E-state index contributed by atoms with van der Waals surface area (Å²) in [6.45, 7) is 0. The molecule has 3 aromatic carbocycles. The Hall–Kier alpha value is -3.84. The van der Waals surface area contributed by atoms with Crippen LogP contribution >= 0.6 is 11.8 Å². The maximum absolute atomic E-state index is 12.9. The highest BCUT2D eigenvalue weighted by molar-refractivity contribution is 8.00. The van der Waals surface area contributed by atoms with E-state index in [4.69, 9.17) is 4.74 Å². The van der Waals surface area contributed by atoms with Gasteiger partial charge in [0, 0.05) is 23.1 Å². The number of hydrogen-bond donors (Lipinski definition) is 1. The highest BCUT2D eigenvalue weighted by Crippen LogP contribution is 2.34. The number of thioether (sulfide) groups is 1. The Labute approximate surface area is 196 Å². The average Bonchev–Trinajstić information content (AvgIpc) is 3.12. The summed E-state index contributed by atoms with van der Waals surface area (Å²) in [6.07, 6.45) is 3.36. The molecule has 0 aliphatic carbocycles. The molecule has 1 unspecified atom stereocenters. The number of nitrogens with zero attached hydrogens (tertiary/aromatic N) is 1.